The van der Waals surface area contributed by atoms with E-state index in [4.69, 9.17) is 10.5 Å². The van der Waals surface area contributed by atoms with Crippen molar-refractivity contribution < 1.29 is 9.59 Å². The number of nitrogens with zero attached hydrogens (tertiary/aromatic N) is 4. The largest absolute Gasteiger partial charge is 0.289 e. The molecule has 0 fully saturated rings. The summed E-state index contributed by atoms with van der Waals surface area (Å²) in [6.45, 7) is 7.17. The van der Waals surface area contributed by atoms with E-state index in [1.54, 1.807) is 13.8 Å². The third-order valence-corrected chi connectivity index (χ3v) is 2.98. The molecule has 7 nitrogen and oxygen atoms in total. The van der Waals surface area contributed by atoms with Gasteiger partial charge in [0.15, 0.2) is 11.1 Å². The Hall–Kier alpha value is -2.54. The summed E-state index contributed by atoms with van der Waals surface area (Å²) in [7, 11) is 0. The van der Waals surface area contributed by atoms with Crippen LogP contribution in [0.5, 0.6) is 0 Å². The molecule has 1 N–H and O–H groups in total. The summed E-state index contributed by atoms with van der Waals surface area (Å²) in [5, 5.41) is 27.6. The Kier molecular flexibility index (Phi) is 6.95. The topological polar surface area (TPSA) is 118 Å². The van der Waals surface area contributed by atoms with Gasteiger partial charge in [-0.05, 0) is 26.7 Å². The van der Waals surface area contributed by atoms with Crippen molar-refractivity contribution in [2.24, 2.45) is 10.2 Å². The highest BCUT2D eigenvalue weighted by molar-refractivity contribution is 6.12. The highest BCUT2D eigenvalue weighted by Crippen LogP contribution is 2.20. The van der Waals surface area contributed by atoms with Crippen LogP contribution in [-0.2, 0) is 9.59 Å². The standard InChI is InChI=1S/C10H16N4.C4H3NO2/c1-5-9(3,7-11)13-14-10(4,6-2)8-12;6-3-1-2-4(7)5-3/h5-6H2,1-4H3;1-2H,(H,5,6,7). The number of nitriles is 2. The number of rotatable bonds is 4. The predicted octanol–water partition coefficient (Wildman–Crippen LogP) is 2.02. The van der Waals surface area contributed by atoms with Gasteiger partial charge in [-0.1, -0.05) is 13.8 Å². The van der Waals surface area contributed by atoms with Gasteiger partial charge in [0.2, 0.25) is 0 Å². The van der Waals surface area contributed by atoms with Crippen LogP contribution in [0.15, 0.2) is 22.4 Å². The number of hydrogen-bond donors (Lipinski definition) is 1. The number of amides is 2. The minimum Gasteiger partial charge on any atom is -0.289 e. The maximum absolute atomic E-state index is 10.0. The van der Waals surface area contributed by atoms with Crippen LogP contribution in [0.2, 0.25) is 0 Å². The van der Waals surface area contributed by atoms with Crippen LogP contribution in [0, 0.1) is 22.7 Å². The van der Waals surface area contributed by atoms with Gasteiger partial charge >= 0.3 is 0 Å². The molecule has 0 aliphatic carbocycles. The molecule has 2 unspecified atom stereocenters. The smallest absolute Gasteiger partial charge is 0.250 e. The lowest BCUT2D eigenvalue weighted by Gasteiger charge is -2.16. The first kappa shape index (κ1) is 18.5. The van der Waals surface area contributed by atoms with Crippen LogP contribution in [0.1, 0.15) is 40.5 Å². The fourth-order valence-corrected chi connectivity index (χ4v) is 0.921. The molecule has 0 saturated heterocycles. The lowest BCUT2D eigenvalue weighted by atomic mass is 10.0. The van der Waals surface area contributed by atoms with E-state index in [-0.39, 0.29) is 11.8 Å². The van der Waals surface area contributed by atoms with Gasteiger partial charge in [-0.15, -0.1) is 0 Å². The maximum Gasteiger partial charge on any atom is 0.250 e. The Labute approximate surface area is 124 Å². The van der Waals surface area contributed by atoms with Gasteiger partial charge in [-0.3, -0.25) is 14.9 Å². The molecule has 2 amide bonds. The van der Waals surface area contributed by atoms with Gasteiger partial charge in [-0.2, -0.15) is 20.8 Å². The minimum absolute atomic E-state index is 0.329. The zero-order chi connectivity index (χ0) is 16.5. The molecule has 1 rings (SSSR count). The second-order valence-electron chi connectivity index (χ2n) is 4.87. The predicted molar refractivity (Wildman–Crippen MR) is 75.8 cm³/mol. The first-order valence-electron chi connectivity index (χ1n) is 6.53. The van der Waals surface area contributed by atoms with Crippen molar-refractivity contribution in [2.45, 2.75) is 51.6 Å². The van der Waals surface area contributed by atoms with E-state index < -0.39 is 11.1 Å². The summed E-state index contributed by atoms with van der Waals surface area (Å²) in [6.07, 6.45) is 3.58. The van der Waals surface area contributed by atoms with E-state index in [0.29, 0.717) is 12.8 Å². The first-order valence-corrected chi connectivity index (χ1v) is 6.53. The highest BCUT2D eigenvalue weighted by atomic mass is 16.2. The third-order valence-electron chi connectivity index (χ3n) is 2.98. The molecule has 2 atom stereocenters. The van der Waals surface area contributed by atoms with Crippen LogP contribution in [-0.4, -0.2) is 22.9 Å². The van der Waals surface area contributed by atoms with Crippen LogP contribution in [0.3, 0.4) is 0 Å². The molecule has 21 heavy (non-hydrogen) atoms. The first-order chi connectivity index (χ1) is 9.74. The van der Waals surface area contributed by atoms with Crippen LogP contribution in [0.4, 0.5) is 0 Å². The fourth-order valence-electron chi connectivity index (χ4n) is 0.921. The van der Waals surface area contributed by atoms with E-state index in [1.165, 1.54) is 12.2 Å². The van der Waals surface area contributed by atoms with E-state index in [0.717, 1.165) is 0 Å². The molecule has 0 saturated carbocycles. The van der Waals surface area contributed by atoms with Gasteiger partial charge in [-0.25, -0.2) is 0 Å². The van der Waals surface area contributed by atoms with Crippen LogP contribution in [0.25, 0.3) is 0 Å². The maximum atomic E-state index is 10.0. The zero-order valence-electron chi connectivity index (χ0n) is 12.7. The Morgan fingerprint density at radius 3 is 1.48 bits per heavy atom. The molecule has 0 spiro atoms. The average molecular weight is 289 g/mol. The molecule has 0 aromatic carbocycles. The van der Waals surface area contributed by atoms with Crippen molar-refractivity contribution in [3.8, 4) is 12.1 Å². The van der Waals surface area contributed by atoms with Crippen molar-refractivity contribution in [2.75, 3.05) is 0 Å². The lowest BCUT2D eigenvalue weighted by molar-refractivity contribution is -0.123. The van der Waals surface area contributed by atoms with E-state index >= 15 is 0 Å². The quantitative estimate of drug-likeness (QED) is 0.629. The fraction of sp³-hybridized carbons (Fsp3) is 0.571. The van der Waals surface area contributed by atoms with Crippen LogP contribution < -0.4 is 5.32 Å². The molecule has 0 bridgehead atoms. The summed E-state index contributed by atoms with van der Waals surface area (Å²) < 4.78 is 0. The molecule has 7 heteroatoms. The van der Waals surface area contributed by atoms with Gasteiger partial charge in [0.1, 0.15) is 0 Å². The Morgan fingerprint density at radius 2 is 1.33 bits per heavy atom. The van der Waals surface area contributed by atoms with E-state index in [2.05, 4.69) is 22.4 Å². The third kappa shape index (κ3) is 6.44. The van der Waals surface area contributed by atoms with Crippen molar-refractivity contribution in [3.05, 3.63) is 12.2 Å². The van der Waals surface area contributed by atoms with Crippen LogP contribution >= 0.6 is 0 Å². The Bertz CT molecular complexity index is 495. The summed E-state index contributed by atoms with van der Waals surface area (Å²) >= 11 is 0. The van der Waals surface area contributed by atoms with Crippen molar-refractivity contribution in [1.82, 2.24) is 5.32 Å². The molecule has 1 aliphatic rings. The minimum atomic E-state index is -0.798. The second-order valence-corrected chi connectivity index (χ2v) is 4.87. The molecular weight excluding hydrogens is 270 g/mol. The molecule has 0 radical (unpaired) electrons. The molecule has 1 aliphatic heterocycles. The number of carbonyl (C=O) groups excluding carboxylic acids is 2. The van der Waals surface area contributed by atoms with Gasteiger partial charge in [0, 0.05) is 12.2 Å². The average Bonchev–Trinajstić information content (AvgIpc) is 2.88. The lowest BCUT2D eigenvalue weighted by Crippen LogP contribution is -2.22. The number of nitrogens with one attached hydrogen (secondary N) is 1. The highest BCUT2D eigenvalue weighted by Gasteiger charge is 2.25. The van der Waals surface area contributed by atoms with Crippen molar-refractivity contribution in [3.63, 3.8) is 0 Å². The molecule has 112 valence electrons. The molecule has 1 heterocycles. The number of hydrogen-bond acceptors (Lipinski definition) is 6. The number of carbonyl (C=O) groups is 2. The number of azo groups is 1. The van der Waals surface area contributed by atoms with E-state index in [1.807, 2.05) is 19.2 Å². The summed E-state index contributed by atoms with van der Waals surface area (Å²) in [6, 6.07) is 4.16. The number of imide groups is 1. The molecule has 0 aromatic rings. The van der Waals surface area contributed by atoms with Gasteiger partial charge in [0.05, 0.1) is 12.1 Å². The monoisotopic (exact) mass is 289 g/mol. The molecular formula is C14H19N5O2. The van der Waals surface area contributed by atoms with Gasteiger partial charge < -0.3 is 0 Å². The second kappa shape index (κ2) is 7.91. The van der Waals surface area contributed by atoms with Crippen molar-refractivity contribution in [1.29, 1.82) is 10.5 Å². The summed E-state index contributed by atoms with van der Waals surface area (Å²) in [5.41, 5.74) is -1.60. The normalized spacial score (nSPS) is 18.8. The molecule has 0 aromatic heterocycles. The Morgan fingerprint density at radius 1 is 1.00 bits per heavy atom. The van der Waals surface area contributed by atoms with E-state index in [9.17, 15) is 9.59 Å². The Balaban J connectivity index is 0.000000471. The van der Waals surface area contributed by atoms with Crippen molar-refractivity contribution >= 4 is 11.8 Å². The summed E-state index contributed by atoms with van der Waals surface area (Å²) in [5.74, 6) is -0.657. The zero-order valence-corrected chi connectivity index (χ0v) is 12.7. The van der Waals surface area contributed by atoms with Gasteiger partial charge in [0.25, 0.3) is 11.8 Å². The SMILES string of the molecule is CCC(C)(C#N)N=NC(C)(C#N)CC.O=C1C=CC(=O)N1. The summed E-state index contributed by atoms with van der Waals surface area (Å²) in [4.78, 5) is 20.1.